The van der Waals surface area contributed by atoms with E-state index in [0.717, 1.165) is 22.4 Å². The highest BCUT2D eigenvalue weighted by Gasteiger charge is 2.10. The van der Waals surface area contributed by atoms with Gasteiger partial charge in [-0.3, -0.25) is 0 Å². The van der Waals surface area contributed by atoms with Crippen LogP contribution in [0, 0.1) is 16.0 Å². The Kier molecular flexibility index (Phi) is 3.54. The fourth-order valence-corrected chi connectivity index (χ4v) is 2.39. The Morgan fingerprint density at radius 2 is 1.86 bits per heavy atom. The number of hydrogen-bond donors (Lipinski definition) is 1. The molecule has 100 valence electrons. The molecular formula is C16H10N4S. The number of rotatable bonds is 2. The SMILES string of the molecule is N#Cc1c(-c2ccccc2)cc(-c2ccnnc2)[nH]c1=S. The first-order valence-electron chi connectivity index (χ1n) is 6.29. The molecule has 4 nitrogen and oxygen atoms in total. The summed E-state index contributed by atoms with van der Waals surface area (Å²) in [5, 5.41) is 17.0. The molecule has 0 aliphatic rings. The van der Waals surface area contributed by atoms with E-state index < -0.39 is 0 Å². The minimum absolute atomic E-state index is 0.422. The summed E-state index contributed by atoms with van der Waals surface area (Å²) < 4.78 is 0.422. The summed E-state index contributed by atoms with van der Waals surface area (Å²) in [6.07, 6.45) is 3.27. The highest BCUT2D eigenvalue weighted by atomic mass is 32.1. The highest BCUT2D eigenvalue weighted by Crippen LogP contribution is 2.28. The van der Waals surface area contributed by atoms with Gasteiger partial charge in [0.1, 0.15) is 10.7 Å². The van der Waals surface area contributed by atoms with Crippen LogP contribution in [0.25, 0.3) is 22.4 Å². The fraction of sp³-hybridized carbons (Fsp3) is 0. The number of nitrogens with one attached hydrogen (secondary N) is 1. The van der Waals surface area contributed by atoms with Crippen molar-refractivity contribution in [3.63, 3.8) is 0 Å². The van der Waals surface area contributed by atoms with Gasteiger partial charge in [0.05, 0.1) is 18.0 Å². The monoisotopic (exact) mass is 290 g/mol. The molecule has 0 atom stereocenters. The Hall–Kier alpha value is -2.84. The van der Waals surface area contributed by atoms with Crippen molar-refractivity contribution in [3.05, 3.63) is 65.1 Å². The zero-order valence-electron chi connectivity index (χ0n) is 10.9. The topological polar surface area (TPSA) is 65.4 Å². The van der Waals surface area contributed by atoms with Crippen molar-refractivity contribution in [2.24, 2.45) is 0 Å². The van der Waals surface area contributed by atoms with E-state index in [0.29, 0.717) is 10.2 Å². The Bertz CT molecular complexity index is 864. The molecule has 5 heteroatoms. The summed E-state index contributed by atoms with van der Waals surface area (Å²) in [5.74, 6) is 0. The number of aromatic nitrogens is 3. The van der Waals surface area contributed by atoms with Gasteiger partial charge in [-0.2, -0.15) is 15.5 Å². The largest absolute Gasteiger partial charge is 0.345 e. The second-order valence-corrected chi connectivity index (χ2v) is 4.82. The van der Waals surface area contributed by atoms with Crippen LogP contribution in [0.1, 0.15) is 5.56 Å². The molecule has 0 amide bonds. The number of nitrogens with zero attached hydrogens (tertiary/aromatic N) is 3. The third kappa shape index (κ3) is 2.57. The van der Waals surface area contributed by atoms with Gasteiger partial charge in [-0.15, -0.1) is 0 Å². The number of pyridine rings is 1. The average molecular weight is 290 g/mol. The molecule has 0 aliphatic carbocycles. The smallest absolute Gasteiger partial charge is 0.122 e. The number of hydrogen-bond acceptors (Lipinski definition) is 4. The van der Waals surface area contributed by atoms with Crippen LogP contribution in [-0.2, 0) is 0 Å². The van der Waals surface area contributed by atoms with Gasteiger partial charge in [-0.25, -0.2) is 0 Å². The molecule has 0 unspecified atom stereocenters. The van der Waals surface area contributed by atoms with Crippen molar-refractivity contribution >= 4 is 12.2 Å². The van der Waals surface area contributed by atoms with Gasteiger partial charge >= 0.3 is 0 Å². The van der Waals surface area contributed by atoms with Crippen LogP contribution in [0.4, 0.5) is 0 Å². The van der Waals surface area contributed by atoms with Gasteiger partial charge in [0.25, 0.3) is 0 Å². The third-order valence-electron chi connectivity index (χ3n) is 3.13. The van der Waals surface area contributed by atoms with Crippen LogP contribution < -0.4 is 0 Å². The lowest BCUT2D eigenvalue weighted by atomic mass is 10.00. The molecule has 0 saturated carbocycles. The lowest BCUT2D eigenvalue weighted by Gasteiger charge is -2.08. The Morgan fingerprint density at radius 1 is 1.05 bits per heavy atom. The summed E-state index contributed by atoms with van der Waals surface area (Å²) in [4.78, 5) is 3.08. The number of nitriles is 1. The molecule has 3 aromatic rings. The molecule has 0 saturated heterocycles. The molecule has 0 bridgehead atoms. The Balaban J connectivity index is 2.27. The van der Waals surface area contributed by atoms with E-state index in [1.54, 1.807) is 12.4 Å². The number of benzene rings is 1. The summed E-state index contributed by atoms with van der Waals surface area (Å²) >= 11 is 5.31. The molecule has 0 spiro atoms. The first kappa shape index (κ1) is 13.2. The summed E-state index contributed by atoms with van der Waals surface area (Å²) in [5.41, 5.74) is 3.93. The first-order valence-corrected chi connectivity index (χ1v) is 6.70. The predicted molar refractivity (Wildman–Crippen MR) is 82.8 cm³/mol. The van der Waals surface area contributed by atoms with Gasteiger partial charge in [0, 0.05) is 16.8 Å². The van der Waals surface area contributed by atoms with Crippen LogP contribution in [0.15, 0.2) is 54.9 Å². The number of H-pyrrole nitrogens is 1. The molecule has 2 heterocycles. The fourth-order valence-electron chi connectivity index (χ4n) is 2.12. The van der Waals surface area contributed by atoms with Crippen molar-refractivity contribution in [2.45, 2.75) is 0 Å². The highest BCUT2D eigenvalue weighted by molar-refractivity contribution is 7.71. The van der Waals surface area contributed by atoms with Crippen LogP contribution in [0.5, 0.6) is 0 Å². The van der Waals surface area contributed by atoms with E-state index in [1.807, 2.05) is 42.5 Å². The van der Waals surface area contributed by atoms with Gasteiger partial charge in [0.2, 0.25) is 0 Å². The molecule has 2 aromatic heterocycles. The average Bonchev–Trinajstić information content (AvgIpc) is 2.55. The van der Waals surface area contributed by atoms with Gasteiger partial charge in [0.15, 0.2) is 0 Å². The molecule has 0 aliphatic heterocycles. The van der Waals surface area contributed by atoms with E-state index in [2.05, 4.69) is 21.3 Å². The minimum atomic E-state index is 0.422. The minimum Gasteiger partial charge on any atom is -0.345 e. The van der Waals surface area contributed by atoms with Crippen molar-refractivity contribution in [3.8, 4) is 28.5 Å². The summed E-state index contributed by atoms with van der Waals surface area (Å²) in [6.45, 7) is 0. The van der Waals surface area contributed by atoms with Crippen LogP contribution >= 0.6 is 12.2 Å². The maximum Gasteiger partial charge on any atom is 0.122 e. The van der Waals surface area contributed by atoms with Crippen molar-refractivity contribution < 1.29 is 0 Å². The predicted octanol–water partition coefficient (Wildman–Crippen LogP) is 3.74. The van der Waals surface area contributed by atoms with Crippen molar-refractivity contribution in [2.75, 3.05) is 0 Å². The zero-order valence-corrected chi connectivity index (χ0v) is 11.8. The summed E-state index contributed by atoms with van der Waals surface area (Å²) in [6, 6.07) is 15.7. The maximum atomic E-state index is 9.36. The second-order valence-electron chi connectivity index (χ2n) is 4.41. The molecule has 0 radical (unpaired) electrons. The molecular weight excluding hydrogens is 280 g/mol. The molecule has 3 rings (SSSR count). The van der Waals surface area contributed by atoms with Gasteiger partial charge in [-0.05, 0) is 17.7 Å². The van der Waals surface area contributed by atoms with E-state index in [4.69, 9.17) is 12.2 Å². The number of aromatic amines is 1. The second kappa shape index (κ2) is 5.65. The van der Waals surface area contributed by atoms with Gasteiger partial charge in [-0.1, -0.05) is 42.5 Å². The Labute approximate surface area is 126 Å². The van der Waals surface area contributed by atoms with Crippen molar-refractivity contribution in [1.82, 2.24) is 15.2 Å². The summed E-state index contributed by atoms with van der Waals surface area (Å²) in [7, 11) is 0. The van der Waals surface area contributed by atoms with E-state index in [9.17, 15) is 5.26 Å². The van der Waals surface area contributed by atoms with Gasteiger partial charge < -0.3 is 4.98 Å². The molecule has 1 N–H and O–H groups in total. The normalized spacial score (nSPS) is 10.0. The van der Waals surface area contributed by atoms with Crippen LogP contribution in [0.2, 0.25) is 0 Å². The molecule has 21 heavy (non-hydrogen) atoms. The lowest BCUT2D eigenvalue weighted by Crippen LogP contribution is -1.93. The van der Waals surface area contributed by atoms with E-state index in [1.165, 1.54) is 0 Å². The first-order chi connectivity index (χ1) is 10.3. The van der Waals surface area contributed by atoms with E-state index in [-0.39, 0.29) is 0 Å². The zero-order chi connectivity index (χ0) is 14.7. The standard InChI is InChI=1S/C16H10N4S/c17-9-14-13(11-4-2-1-3-5-11)8-15(20-16(14)21)12-6-7-18-19-10-12/h1-8,10H,(H,20,21). The molecule has 1 aromatic carbocycles. The Morgan fingerprint density at radius 3 is 2.52 bits per heavy atom. The maximum absolute atomic E-state index is 9.36. The van der Waals surface area contributed by atoms with Crippen LogP contribution in [0.3, 0.4) is 0 Å². The third-order valence-corrected chi connectivity index (χ3v) is 3.43. The van der Waals surface area contributed by atoms with E-state index >= 15 is 0 Å². The molecule has 0 fully saturated rings. The lowest BCUT2D eigenvalue weighted by molar-refractivity contribution is 1.03. The van der Waals surface area contributed by atoms with Crippen molar-refractivity contribution in [1.29, 1.82) is 5.26 Å². The van der Waals surface area contributed by atoms with Crippen LogP contribution in [-0.4, -0.2) is 15.2 Å². The quantitative estimate of drug-likeness (QED) is 0.730.